The summed E-state index contributed by atoms with van der Waals surface area (Å²) in [4.78, 5) is 0. The molecule has 0 amide bonds. The summed E-state index contributed by atoms with van der Waals surface area (Å²) in [7, 11) is 1.89. The molecule has 3 heteroatoms. The third-order valence-corrected chi connectivity index (χ3v) is 2.49. The Balaban J connectivity index is 2.37. The third kappa shape index (κ3) is 1.05. The first-order valence-corrected chi connectivity index (χ1v) is 4.41. The van der Waals surface area contributed by atoms with Crippen LogP contribution in [0.25, 0.3) is 0 Å². The van der Waals surface area contributed by atoms with E-state index in [1.165, 1.54) is 0 Å². The van der Waals surface area contributed by atoms with Crippen LogP contribution in [0.4, 0.5) is 0 Å². The minimum Gasteiger partial charge on any atom is -0.384 e. The van der Waals surface area contributed by atoms with Gasteiger partial charge in [0.15, 0.2) is 0 Å². The largest absolute Gasteiger partial charge is 0.384 e. The van der Waals surface area contributed by atoms with Crippen molar-refractivity contribution in [1.82, 2.24) is 9.78 Å². The summed E-state index contributed by atoms with van der Waals surface area (Å²) in [6, 6.07) is 2.01. The van der Waals surface area contributed by atoms with E-state index in [4.69, 9.17) is 0 Å². The van der Waals surface area contributed by atoms with Gasteiger partial charge in [0, 0.05) is 7.05 Å². The standard InChI is InChI=1S/C9H14N2O/c1-3-7-6-8(11(2)10-7)9(12)4-5-9/h6,12H,3-5H2,1-2H3. The fraction of sp³-hybridized carbons (Fsp3) is 0.667. The van der Waals surface area contributed by atoms with Crippen LogP contribution in [0, 0.1) is 0 Å². The molecule has 0 unspecified atom stereocenters. The molecule has 1 fully saturated rings. The minimum absolute atomic E-state index is 0.546. The van der Waals surface area contributed by atoms with Crippen molar-refractivity contribution in [3.05, 3.63) is 17.5 Å². The molecule has 0 aromatic carbocycles. The highest BCUT2D eigenvalue weighted by molar-refractivity contribution is 5.22. The second-order valence-electron chi connectivity index (χ2n) is 3.53. The molecular formula is C9H14N2O. The predicted octanol–water partition coefficient (Wildman–Crippen LogP) is 0.964. The number of rotatable bonds is 2. The molecule has 0 bridgehead atoms. The molecule has 1 saturated carbocycles. The average molecular weight is 166 g/mol. The summed E-state index contributed by atoms with van der Waals surface area (Å²) < 4.78 is 1.80. The van der Waals surface area contributed by atoms with Gasteiger partial charge in [-0.3, -0.25) is 4.68 Å². The molecule has 0 aliphatic heterocycles. The monoisotopic (exact) mass is 166 g/mol. The summed E-state index contributed by atoms with van der Waals surface area (Å²) in [5, 5.41) is 14.1. The van der Waals surface area contributed by atoms with Gasteiger partial charge in [0.05, 0.1) is 11.4 Å². The molecular weight excluding hydrogens is 152 g/mol. The van der Waals surface area contributed by atoms with Gasteiger partial charge in [0.2, 0.25) is 0 Å². The first kappa shape index (κ1) is 7.80. The second kappa shape index (κ2) is 2.33. The molecule has 0 radical (unpaired) electrons. The zero-order valence-electron chi connectivity index (χ0n) is 7.54. The molecule has 1 aromatic rings. The van der Waals surface area contributed by atoms with Crippen molar-refractivity contribution in [2.75, 3.05) is 0 Å². The van der Waals surface area contributed by atoms with Crippen LogP contribution in [0.2, 0.25) is 0 Å². The van der Waals surface area contributed by atoms with E-state index in [-0.39, 0.29) is 0 Å². The maximum Gasteiger partial charge on any atom is 0.106 e. The zero-order chi connectivity index (χ0) is 8.77. The van der Waals surface area contributed by atoms with Crippen LogP contribution in [0.1, 0.15) is 31.2 Å². The van der Waals surface area contributed by atoms with Crippen LogP contribution in [0.5, 0.6) is 0 Å². The second-order valence-corrected chi connectivity index (χ2v) is 3.53. The summed E-state index contributed by atoms with van der Waals surface area (Å²) in [6.07, 6.45) is 2.70. The van der Waals surface area contributed by atoms with Crippen molar-refractivity contribution >= 4 is 0 Å². The maximum absolute atomic E-state index is 9.83. The molecule has 0 atom stereocenters. The van der Waals surface area contributed by atoms with Gasteiger partial charge in [-0.1, -0.05) is 6.92 Å². The molecule has 1 N–H and O–H groups in total. The number of aromatic nitrogens is 2. The van der Waals surface area contributed by atoms with Crippen LogP contribution in [0.3, 0.4) is 0 Å². The van der Waals surface area contributed by atoms with E-state index in [0.29, 0.717) is 0 Å². The van der Waals surface area contributed by atoms with Crippen LogP contribution in [0.15, 0.2) is 6.07 Å². The lowest BCUT2D eigenvalue weighted by atomic mass is 10.2. The van der Waals surface area contributed by atoms with Crippen LogP contribution in [-0.4, -0.2) is 14.9 Å². The van der Waals surface area contributed by atoms with Crippen molar-refractivity contribution in [1.29, 1.82) is 0 Å². The van der Waals surface area contributed by atoms with E-state index in [2.05, 4.69) is 12.0 Å². The van der Waals surface area contributed by atoms with Crippen molar-refractivity contribution < 1.29 is 5.11 Å². The fourth-order valence-electron chi connectivity index (χ4n) is 1.51. The normalized spacial score (nSPS) is 19.6. The van der Waals surface area contributed by atoms with E-state index < -0.39 is 5.60 Å². The first-order chi connectivity index (χ1) is 5.65. The van der Waals surface area contributed by atoms with Gasteiger partial charge < -0.3 is 5.11 Å². The lowest BCUT2D eigenvalue weighted by Gasteiger charge is -2.06. The molecule has 1 heterocycles. The average Bonchev–Trinajstić information content (AvgIpc) is 2.64. The van der Waals surface area contributed by atoms with E-state index in [1.54, 1.807) is 4.68 Å². The van der Waals surface area contributed by atoms with Crippen molar-refractivity contribution in [2.45, 2.75) is 31.8 Å². The summed E-state index contributed by atoms with van der Waals surface area (Å²) in [5.74, 6) is 0. The molecule has 0 saturated heterocycles. The summed E-state index contributed by atoms with van der Waals surface area (Å²) in [6.45, 7) is 2.07. The quantitative estimate of drug-likeness (QED) is 0.710. The number of aliphatic hydroxyl groups is 1. The number of hydrogen-bond acceptors (Lipinski definition) is 2. The molecule has 66 valence electrons. The van der Waals surface area contributed by atoms with Crippen LogP contribution >= 0.6 is 0 Å². The minimum atomic E-state index is -0.546. The number of nitrogens with zero attached hydrogens (tertiary/aromatic N) is 2. The van der Waals surface area contributed by atoms with Crippen molar-refractivity contribution in [3.63, 3.8) is 0 Å². The molecule has 1 aliphatic carbocycles. The van der Waals surface area contributed by atoms with Crippen LogP contribution in [-0.2, 0) is 19.1 Å². The Kier molecular flexibility index (Phi) is 1.51. The predicted molar refractivity (Wildman–Crippen MR) is 45.7 cm³/mol. The van der Waals surface area contributed by atoms with Crippen LogP contribution < -0.4 is 0 Å². The maximum atomic E-state index is 9.83. The smallest absolute Gasteiger partial charge is 0.106 e. The highest BCUT2D eigenvalue weighted by atomic mass is 16.3. The van der Waals surface area contributed by atoms with Gasteiger partial charge in [-0.05, 0) is 25.3 Å². The Morgan fingerprint density at radius 3 is 2.75 bits per heavy atom. The number of aryl methyl sites for hydroxylation is 2. The highest BCUT2D eigenvalue weighted by Crippen LogP contribution is 2.45. The van der Waals surface area contributed by atoms with Crippen molar-refractivity contribution in [2.24, 2.45) is 7.05 Å². The molecule has 2 rings (SSSR count). The lowest BCUT2D eigenvalue weighted by Crippen LogP contribution is -2.10. The highest BCUT2D eigenvalue weighted by Gasteiger charge is 2.44. The zero-order valence-corrected chi connectivity index (χ0v) is 7.54. The molecule has 1 aromatic heterocycles. The molecule has 0 spiro atoms. The Morgan fingerprint density at radius 1 is 1.67 bits per heavy atom. The SMILES string of the molecule is CCc1cc(C2(O)CC2)n(C)n1. The Morgan fingerprint density at radius 2 is 2.33 bits per heavy atom. The Labute approximate surface area is 72.0 Å². The lowest BCUT2D eigenvalue weighted by molar-refractivity contribution is 0.141. The van der Waals surface area contributed by atoms with Gasteiger partial charge in [-0.25, -0.2) is 0 Å². The van der Waals surface area contributed by atoms with Gasteiger partial charge in [0.25, 0.3) is 0 Å². The van der Waals surface area contributed by atoms with E-state index in [1.807, 2.05) is 13.1 Å². The van der Waals surface area contributed by atoms with Gasteiger partial charge >= 0.3 is 0 Å². The van der Waals surface area contributed by atoms with E-state index in [9.17, 15) is 5.11 Å². The van der Waals surface area contributed by atoms with Gasteiger partial charge in [-0.2, -0.15) is 5.10 Å². The Hall–Kier alpha value is -0.830. The molecule has 3 nitrogen and oxygen atoms in total. The summed E-state index contributed by atoms with van der Waals surface area (Å²) >= 11 is 0. The Bertz CT molecular complexity index is 299. The topological polar surface area (TPSA) is 38.0 Å². The van der Waals surface area contributed by atoms with E-state index in [0.717, 1.165) is 30.7 Å². The van der Waals surface area contributed by atoms with Gasteiger partial charge in [-0.15, -0.1) is 0 Å². The summed E-state index contributed by atoms with van der Waals surface area (Å²) in [5.41, 5.74) is 1.49. The number of hydrogen-bond donors (Lipinski definition) is 1. The third-order valence-electron chi connectivity index (χ3n) is 2.49. The van der Waals surface area contributed by atoms with Crippen molar-refractivity contribution in [3.8, 4) is 0 Å². The van der Waals surface area contributed by atoms with Gasteiger partial charge in [0.1, 0.15) is 5.60 Å². The first-order valence-electron chi connectivity index (χ1n) is 4.41. The van der Waals surface area contributed by atoms with E-state index >= 15 is 0 Å². The fourth-order valence-corrected chi connectivity index (χ4v) is 1.51. The molecule has 12 heavy (non-hydrogen) atoms. The molecule has 1 aliphatic rings.